The van der Waals surface area contributed by atoms with Gasteiger partial charge in [0.1, 0.15) is 0 Å². The Morgan fingerprint density at radius 3 is 2.52 bits per heavy atom. The maximum atomic E-state index is 12.5. The number of halogens is 2. The molecule has 3 rings (SSSR count). The van der Waals surface area contributed by atoms with Crippen LogP contribution in [0.4, 0.5) is 0 Å². The minimum Gasteiger partial charge on any atom is -0.267 e. The average molecular weight is 409 g/mol. The Hall–Kier alpha value is -1.86. The van der Waals surface area contributed by atoms with Crippen molar-refractivity contribution in [3.63, 3.8) is 0 Å². The molecule has 25 heavy (non-hydrogen) atoms. The number of carbonyl (C=O) groups is 2. The van der Waals surface area contributed by atoms with Gasteiger partial charge in [0.15, 0.2) is 4.32 Å². The number of hydrogen-bond acceptors (Lipinski definition) is 4. The first-order valence-electron chi connectivity index (χ1n) is 7.04. The van der Waals surface area contributed by atoms with Crippen LogP contribution in [0.2, 0.25) is 10.0 Å². The lowest BCUT2D eigenvalue weighted by atomic mass is 10.2. The van der Waals surface area contributed by atoms with Gasteiger partial charge in [-0.25, -0.2) is 0 Å². The summed E-state index contributed by atoms with van der Waals surface area (Å²) in [5.41, 5.74) is 3.66. The lowest BCUT2D eigenvalue weighted by Crippen LogP contribution is -2.44. The molecule has 1 fully saturated rings. The zero-order valence-corrected chi connectivity index (χ0v) is 15.7. The highest BCUT2D eigenvalue weighted by molar-refractivity contribution is 8.26. The highest BCUT2D eigenvalue weighted by Gasteiger charge is 2.33. The standard InChI is InChI=1S/C17H10Cl2N2O2S2/c18-12-6-4-10(5-7-12)8-14-16(23)21(17(24)25-14)20-15(22)11-2-1-3-13(19)9-11/h1-9H,(H,20,22). The van der Waals surface area contributed by atoms with Crippen LogP contribution in [-0.2, 0) is 4.79 Å². The molecule has 0 spiro atoms. The van der Waals surface area contributed by atoms with Gasteiger partial charge in [0, 0.05) is 15.6 Å². The summed E-state index contributed by atoms with van der Waals surface area (Å²) in [5, 5.41) is 2.10. The first kappa shape index (κ1) is 17.9. The normalized spacial score (nSPS) is 15.8. The van der Waals surface area contributed by atoms with E-state index >= 15 is 0 Å². The van der Waals surface area contributed by atoms with Crippen molar-refractivity contribution in [2.75, 3.05) is 0 Å². The van der Waals surface area contributed by atoms with E-state index in [0.717, 1.165) is 22.3 Å². The second-order valence-electron chi connectivity index (χ2n) is 5.02. The molecule has 0 bridgehead atoms. The van der Waals surface area contributed by atoms with Crippen molar-refractivity contribution < 1.29 is 9.59 Å². The van der Waals surface area contributed by atoms with Crippen LogP contribution in [0.1, 0.15) is 15.9 Å². The zero-order valence-electron chi connectivity index (χ0n) is 12.5. The molecule has 1 saturated heterocycles. The maximum absolute atomic E-state index is 12.5. The number of nitrogens with zero attached hydrogens (tertiary/aromatic N) is 1. The summed E-state index contributed by atoms with van der Waals surface area (Å²) < 4.78 is 0.251. The van der Waals surface area contributed by atoms with E-state index in [0.29, 0.717) is 20.5 Å². The predicted molar refractivity (Wildman–Crippen MR) is 105 cm³/mol. The van der Waals surface area contributed by atoms with Crippen molar-refractivity contribution in [3.05, 3.63) is 74.6 Å². The zero-order chi connectivity index (χ0) is 18.0. The summed E-state index contributed by atoms with van der Waals surface area (Å²) in [7, 11) is 0. The molecule has 0 aliphatic carbocycles. The first-order valence-corrected chi connectivity index (χ1v) is 9.02. The van der Waals surface area contributed by atoms with Crippen LogP contribution in [-0.4, -0.2) is 21.1 Å². The number of amides is 2. The highest BCUT2D eigenvalue weighted by Crippen LogP contribution is 2.31. The third kappa shape index (κ3) is 4.22. The van der Waals surface area contributed by atoms with Crippen LogP contribution in [0, 0.1) is 0 Å². The largest absolute Gasteiger partial charge is 0.285 e. The van der Waals surface area contributed by atoms with Gasteiger partial charge in [0.2, 0.25) is 0 Å². The fourth-order valence-corrected chi connectivity index (χ4v) is 3.57. The number of thioether (sulfide) groups is 1. The van der Waals surface area contributed by atoms with Crippen LogP contribution in [0.5, 0.6) is 0 Å². The molecule has 1 heterocycles. The molecule has 1 aliphatic heterocycles. The molecule has 8 heteroatoms. The van der Waals surface area contributed by atoms with Crippen LogP contribution >= 0.6 is 47.2 Å². The molecule has 0 unspecified atom stereocenters. The molecule has 126 valence electrons. The Bertz CT molecular complexity index is 898. The molecule has 0 aromatic heterocycles. The van der Waals surface area contributed by atoms with Crippen LogP contribution in [0.3, 0.4) is 0 Å². The Morgan fingerprint density at radius 1 is 1.12 bits per heavy atom. The van der Waals surface area contributed by atoms with E-state index < -0.39 is 5.91 Å². The van der Waals surface area contributed by atoms with E-state index in [1.165, 1.54) is 6.07 Å². The van der Waals surface area contributed by atoms with Gasteiger partial charge in [-0.15, -0.1) is 0 Å². The van der Waals surface area contributed by atoms with Crippen molar-refractivity contribution in [3.8, 4) is 0 Å². The summed E-state index contributed by atoms with van der Waals surface area (Å²) in [6, 6.07) is 13.5. The lowest BCUT2D eigenvalue weighted by molar-refractivity contribution is -0.123. The highest BCUT2D eigenvalue weighted by atomic mass is 35.5. The van der Waals surface area contributed by atoms with Crippen molar-refractivity contribution >= 4 is 69.4 Å². The van der Waals surface area contributed by atoms with Gasteiger partial charge in [0.25, 0.3) is 11.8 Å². The Balaban J connectivity index is 1.77. The van der Waals surface area contributed by atoms with Gasteiger partial charge in [0.05, 0.1) is 4.91 Å². The van der Waals surface area contributed by atoms with Crippen LogP contribution in [0.15, 0.2) is 53.4 Å². The van der Waals surface area contributed by atoms with E-state index in [1.807, 2.05) is 0 Å². The maximum Gasteiger partial charge on any atom is 0.285 e. The van der Waals surface area contributed by atoms with Gasteiger partial charge < -0.3 is 0 Å². The summed E-state index contributed by atoms with van der Waals surface area (Å²) in [6.07, 6.45) is 1.70. The van der Waals surface area contributed by atoms with Crippen LogP contribution in [0.25, 0.3) is 6.08 Å². The summed E-state index contributed by atoms with van der Waals surface area (Å²) in [5.74, 6) is -0.855. The summed E-state index contributed by atoms with van der Waals surface area (Å²) >= 11 is 18.0. The number of thiocarbonyl (C=S) groups is 1. The third-order valence-electron chi connectivity index (χ3n) is 3.26. The molecule has 0 atom stereocenters. The Morgan fingerprint density at radius 2 is 1.84 bits per heavy atom. The molecule has 0 saturated carbocycles. The smallest absolute Gasteiger partial charge is 0.267 e. The quantitative estimate of drug-likeness (QED) is 0.598. The summed E-state index contributed by atoms with van der Waals surface area (Å²) in [4.78, 5) is 25.2. The molecule has 4 nitrogen and oxygen atoms in total. The van der Waals surface area contributed by atoms with Crippen molar-refractivity contribution in [2.24, 2.45) is 0 Å². The molecule has 0 radical (unpaired) electrons. The van der Waals surface area contributed by atoms with E-state index in [1.54, 1.807) is 48.5 Å². The fourth-order valence-electron chi connectivity index (χ4n) is 2.07. The number of nitrogens with one attached hydrogen (secondary N) is 1. The van der Waals surface area contributed by atoms with Gasteiger partial charge in [-0.2, -0.15) is 5.01 Å². The van der Waals surface area contributed by atoms with Crippen molar-refractivity contribution in [1.29, 1.82) is 0 Å². The molecular formula is C17H10Cl2N2O2S2. The first-order chi connectivity index (χ1) is 11.9. The molecular weight excluding hydrogens is 399 g/mol. The molecule has 2 amide bonds. The SMILES string of the molecule is O=C(NN1C(=O)C(=Cc2ccc(Cl)cc2)SC1=S)c1cccc(Cl)c1. The van der Waals surface area contributed by atoms with Gasteiger partial charge in [-0.3, -0.25) is 15.0 Å². The Kier molecular flexibility index (Phi) is 5.44. The van der Waals surface area contributed by atoms with Gasteiger partial charge >= 0.3 is 0 Å². The number of benzene rings is 2. The molecule has 1 N–H and O–H groups in total. The molecule has 2 aromatic rings. The number of hydrazine groups is 1. The minimum atomic E-state index is -0.466. The summed E-state index contributed by atoms with van der Waals surface area (Å²) in [6.45, 7) is 0. The predicted octanol–water partition coefficient (Wildman–Crippen LogP) is 4.54. The van der Waals surface area contributed by atoms with Crippen LogP contribution < -0.4 is 5.43 Å². The molecule has 1 aliphatic rings. The lowest BCUT2D eigenvalue weighted by Gasteiger charge is -2.15. The van der Waals surface area contributed by atoms with Crippen molar-refractivity contribution in [1.82, 2.24) is 10.4 Å². The van der Waals surface area contributed by atoms with Gasteiger partial charge in [-0.05, 0) is 54.2 Å². The minimum absolute atomic E-state index is 0.251. The number of hydrogen-bond donors (Lipinski definition) is 1. The van der Waals surface area contributed by atoms with Gasteiger partial charge in [-0.1, -0.05) is 53.2 Å². The van der Waals surface area contributed by atoms with E-state index in [4.69, 9.17) is 35.4 Å². The monoisotopic (exact) mass is 408 g/mol. The Labute approximate surface area is 163 Å². The number of carbonyl (C=O) groups excluding carboxylic acids is 2. The van der Waals surface area contributed by atoms with Crippen molar-refractivity contribution in [2.45, 2.75) is 0 Å². The van der Waals surface area contributed by atoms with E-state index in [2.05, 4.69) is 5.43 Å². The fraction of sp³-hybridized carbons (Fsp3) is 0. The average Bonchev–Trinajstić information content (AvgIpc) is 2.84. The second-order valence-corrected chi connectivity index (χ2v) is 7.57. The third-order valence-corrected chi connectivity index (χ3v) is 5.05. The topological polar surface area (TPSA) is 49.4 Å². The van der Waals surface area contributed by atoms with E-state index in [-0.39, 0.29) is 10.2 Å². The second kappa shape index (κ2) is 7.58. The van der Waals surface area contributed by atoms with E-state index in [9.17, 15) is 9.59 Å². The molecule has 2 aromatic carbocycles. The number of rotatable bonds is 3.